The van der Waals surface area contributed by atoms with Gasteiger partial charge < -0.3 is 15.4 Å². The molecule has 0 fully saturated rings. The van der Waals surface area contributed by atoms with Crippen molar-refractivity contribution in [2.24, 2.45) is 0 Å². The first-order valence-corrected chi connectivity index (χ1v) is 10.1. The molecule has 1 aromatic heterocycles. The number of aromatic nitrogens is 2. The van der Waals surface area contributed by atoms with Crippen LogP contribution in [0, 0.1) is 17.1 Å². The average molecular weight is 433 g/mol. The maximum Gasteiger partial charge on any atom is 0.230 e. The van der Waals surface area contributed by atoms with Gasteiger partial charge in [-0.15, -0.1) is 0 Å². The second-order valence-corrected chi connectivity index (χ2v) is 7.24. The molecule has 1 heterocycles. The van der Waals surface area contributed by atoms with Crippen LogP contribution in [0.4, 0.5) is 10.1 Å². The predicted octanol–water partition coefficient (Wildman–Crippen LogP) is 3.57. The topological polar surface area (TPSA) is 99.9 Å². The van der Waals surface area contributed by atoms with E-state index in [1.54, 1.807) is 25.3 Å². The number of halogens is 1. The van der Waals surface area contributed by atoms with Crippen molar-refractivity contribution in [1.29, 1.82) is 5.26 Å². The molecule has 0 spiro atoms. The number of anilines is 1. The summed E-state index contributed by atoms with van der Waals surface area (Å²) in [6, 6.07) is 14.1. The van der Waals surface area contributed by atoms with Gasteiger partial charge in [0.15, 0.2) is 5.69 Å². The van der Waals surface area contributed by atoms with Crippen LogP contribution in [0.1, 0.15) is 35.5 Å². The van der Waals surface area contributed by atoms with E-state index in [0.717, 1.165) is 24.1 Å². The molecule has 2 N–H and O–H groups in total. The summed E-state index contributed by atoms with van der Waals surface area (Å²) in [6.45, 7) is 2.76. The second kappa shape index (κ2) is 11.0. The Morgan fingerprint density at radius 2 is 1.97 bits per heavy atom. The van der Waals surface area contributed by atoms with Gasteiger partial charge in [-0.3, -0.25) is 9.78 Å². The van der Waals surface area contributed by atoms with Gasteiger partial charge >= 0.3 is 0 Å². The van der Waals surface area contributed by atoms with E-state index in [9.17, 15) is 9.18 Å². The van der Waals surface area contributed by atoms with Gasteiger partial charge in [0.25, 0.3) is 0 Å². The number of nitriles is 1. The molecular formula is C24H24FN5O2. The summed E-state index contributed by atoms with van der Waals surface area (Å²) in [7, 11) is 1.55. The average Bonchev–Trinajstić information content (AvgIpc) is 2.80. The highest BCUT2D eigenvalue weighted by Gasteiger charge is 2.11. The van der Waals surface area contributed by atoms with Crippen LogP contribution in [0.25, 0.3) is 0 Å². The van der Waals surface area contributed by atoms with Crippen LogP contribution in [-0.2, 0) is 17.6 Å². The number of nitrogens with zero attached hydrogens (tertiary/aromatic N) is 3. The Morgan fingerprint density at radius 3 is 2.62 bits per heavy atom. The molecule has 7 nitrogen and oxygen atoms in total. The number of hydrogen-bond donors (Lipinski definition) is 2. The third-order valence-electron chi connectivity index (χ3n) is 4.94. The lowest BCUT2D eigenvalue weighted by Gasteiger charge is -2.15. The van der Waals surface area contributed by atoms with E-state index in [4.69, 9.17) is 10.00 Å². The molecule has 0 bridgehead atoms. The van der Waals surface area contributed by atoms with Crippen LogP contribution >= 0.6 is 0 Å². The minimum Gasteiger partial charge on any atom is -0.495 e. The van der Waals surface area contributed by atoms with Crippen LogP contribution in [0.2, 0.25) is 0 Å². The largest absolute Gasteiger partial charge is 0.495 e. The first-order valence-electron chi connectivity index (χ1n) is 10.1. The third-order valence-corrected chi connectivity index (χ3v) is 4.94. The second-order valence-electron chi connectivity index (χ2n) is 7.24. The van der Waals surface area contributed by atoms with Crippen LogP contribution in [0.3, 0.4) is 0 Å². The summed E-state index contributed by atoms with van der Waals surface area (Å²) in [5, 5.41) is 15.0. The Balaban J connectivity index is 1.54. The fraction of sp³-hybridized carbons (Fsp3) is 0.250. The van der Waals surface area contributed by atoms with E-state index < -0.39 is 0 Å². The number of nitrogens with one attached hydrogen (secondary N) is 2. The zero-order chi connectivity index (χ0) is 22.9. The van der Waals surface area contributed by atoms with Crippen LogP contribution < -0.4 is 15.4 Å². The zero-order valence-corrected chi connectivity index (χ0v) is 17.9. The zero-order valence-electron chi connectivity index (χ0n) is 17.9. The van der Waals surface area contributed by atoms with Crippen LogP contribution in [-0.4, -0.2) is 29.5 Å². The fourth-order valence-corrected chi connectivity index (χ4v) is 3.16. The standard InChI is InChI=1S/C24H24FN5O2/c1-16(18-4-6-19(25)7-5-18)27-10-9-17-3-8-22(23(11-17)32-2)30-24(31)12-20-14-29-21(13-26)15-28-20/h3-8,11,14-16,27H,9-10,12H2,1-2H3,(H,30,31)/t16-/m0/s1. The predicted molar refractivity (Wildman–Crippen MR) is 119 cm³/mol. The number of methoxy groups -OCH3 is 1. The van der Waals surface area contributed by atoms with Crippen molar-refractivity contribution in [2.75, 3.05) is 19.0 Å². The van der Waals surface area contributed by atoms with Crippen molar-refractivity contribution in [3.05, 3.63) is 83.2 Å². The van der Waals surface area contributed by atoms with Crippen molar-refractivity contribution in [1.82, 2.24) is 15.3 Å². The molecule has 2 aromatic carbocycles. The number of carbonyl (C=O) groups excluding carboxylic acids is 1. The molecular weight excluding hydrogens is 409 g/mol. The van der Waals surface area contributed by atoms with Crippen molar-refractivity contribution in [3.8, 4) is 11.8 Å². The van der Waals surface area contributed by atoms with Gasteiger partial charge in [0.05, 0.1) is 37.3 Å². The lowest BCUT2D eigenvalue weighted by atomic mass is 10.1. The maximum absolute atomic E-state index is 13.1. The SMILES string of the molecule is COc1cc(CCN[C@@H](C)c2ccc(F)cc2)ccc1NC(=O)Cc1cnc(C#N)cn1. The van der Waals surface area contributed by atoms with Crippen LogP contribution in [0.15, 0.2) is 54.9 Å². The maximum atomic E-state index is 13.1. The first-order chi connectivity index (χ1) is 15.5. The van der Waals surface area contributed by atoms with Gasteiger partial charge in [0.2, 0.25) is 5.91 Å². The molecule has 0 unspecified atom stereocenters. The molecule has 0 aliphatic heterocycles. The highest BCUT2D eigenvalue weighted by atomic mass is 19.1. The lowest BCUT2D eigenvalue weighted by Crippen LogP contribution is -2.21. The van der Waals surface area contributed by atoms with Crippen molar-refractivity contribution in [2.45, 2.75) is 25.8 Å². The summed E-state index contributed by atoms with van der Waals surface area (Å²) in [6.07, 6.45) is 3.55. The number of ether oxygens (including phenoxy) is 1. The van der Waals surface area contributed by atoms with Gasteiger partial charge in [0.1, 0.15) is 17.6 Å². The molecule has 0 aliphatic carbocycles. The molecule has 0 saturated carbocycles. The van der Waals surface area contributed by atoms with E-state index in [-0.39, 0.29) is 29.9 Å². The smallest absolute Gasteiger partial charge is 0.230 e. The Kier molecular flexibility index (Phi) is 7.84. The monoisotopic (exact) mass is 433 g/mol. The number of carbonyl (C=O) groups is 1. The summed E-state index contributed by atoms with van der Waals surface area (Å²) in [5.74, 6) is 0.0586. The minimum absolute atomic E-state index is 0.0365. The van der Waals surface area contributed by atoms with E-state index >= 15 is 0 Å². The Bertz CT molecular complexity index is 1090. The molecule has 0 saturated heterocycles. The van der Waals surface area contributed by atoms with E-state index in [2.05, 4.69) is 20.6 Å². The third kappa shape index (κ3) is 6.33. The number of rotatable bonds is 9. The van der Waals surface area contributed by atoms with Gasteiger partial charge in [-0.2, -0.15) is 5.26 Å². The van der Waals surface area contributed by atoms with Gasteiger partial charge in [-0.05, 0) is 55.3 Å². The molecule has 3 aromatic rings. The fourth-order valence-electron chi connectivity index (χ4n) is 3.16. The molecule has 3 rings (SSSR count). The first kappa shape index (κ1) is 22.8. The van der Waals surface area contributed by atoms with E-state index in [0.29, 0.717) is 17.1 Å². The van der Waals surface area contributed by atoms with Gasteiger partial charge in [0, 0.05) is 6.04 Å². The Morgan fingerprint density at radius 1 is 1.19 bits per heavy atom. The molecule has 8 heteroatoms. The number of amides is 1. The van der Waals surface area contributed by atoms with Crippen molar-refractivity contribution >= 4 is 11.6 Å². The molecule has 32 heavy (non-hydrogen) atoms. The lowest BCUT2D eigenvalue weighted by molar-refractivity contribution is -0.115. The van der Waals surface area contributed by atoms with Crippen molar-refractivity contribution in [3.63, 3.8) is 0 Å². The molecule has 0 radical (unpaired) electrons. The summed E-state index contributed by atoms with van der Waals surface area (Å²) < 4.78 is 18.5. The normalized spacial score (nSPS) is 11.4. The highest BCUT2D eigenvalue weighted by molar-refractivity contribution is 5.93. The molecule has 1 amide bonds. The highest BCUT2D eigenvalue weighted by Crippen LogP contribution is 2.26. The van der Waals surface area contributed by atoms with Gasteiger partial charge in [-0.1, -0.05) is 18.2 Å². The summed E-state index contributed by atoms with van der Waals surface area (Å²) in [4.78, 5) is 20.3. The minimum atomic E-state index is -0.259. The number of hydrogen-bond acceptors (Lipinski definition) is 6. The molecule has 0 aliphatic rings. The quantitative estimate of drug-likeness (QED) is 0.535. The number of benzene rings is 2. The molecule has 164 valence electrons. The van der Waals surface area contributed by atoms with Gasteiger partial charge in [-0.25, -0.2) is 9.37 Å². The Hall–Kier alpha value is -3.83. The summed E-state index contributed by atoms with van der Waals surface area (Å²) >= 11 is 0. The van der Waals surface area contributed by atoms with Crippen LogP contribution in [0.5, 0.6) is 5.75 Å². The van der Waals surface area contributed by atoms with Crippen molar-refractivity contribution < 1.29 is 13.9 Å². The molecule has 1 atom stereocenters. The summed E-state index contributed by atoms with van der Waals surface area (Å²) in [5.41, 5.74) is 3.31. The van der Waals surface area contributed by atoms with E-state index in [1.165, 1.54) is 24.5 Å². The van der Waals surface area contributed by atoms with E-state index in [1.807, 2.05) is 25.1 Å². The Labute approximate surface area is 186 Å².